The van der Waals surface area contributed by atoms with Crippen LogP contribution in [0, 0.1) is 11.8 Å². The van der Waals surface area contributed by atoms with Gasteiger partial charge in [0.1, 0.15) is 5.01 Å². The van der Waals surface area contributed by atoms with E-state index in [2.05, 4.69) is 104 Å². The summed E-state index contributed by atoms with van der Waals surface area (Å²) in [5, 5.41) is 0.950. The molecule has 0 bridgehead atoms. The third-order valence-corrected chi connectivity index (χ3v) is 9.00. The van der Waals surface area contributed by atoms with Gasteiger partial charge in [-0.3, -0.25) is 0 Å². The summed E-state index contributed by atoms with van der Waals surface area (Å²) in [4.78, 5) is 7.36. The highest BCUT2D eigenvalue weighted by Crippen LogP contribution is 2.57. The van der Waals surface area contributed by atoms with Crippen molar-refractivity contribution in [3.63, 3.8) is 0 Å². The highest BCUT2D eigenvalue weighted by atomic mass is 32.1. The molecule has 1 saturated carbocycles. The number of hydrogen-bond donors (Lipinski definition) is 0. The van der Waals surface area contributed by atoms with E-state index in [1.165, 1.54) is 52.6 Å². The number of rotatable bonds is 5. The maximum absolute atomic E-state index is 4.94. The Balaban J connectivity index is 1.40. The van der Waals surface area contributed by atoms with Crippen LogP contribution in [-0.2, 0) is 5.41 Å². The number of anilines is 3. The molecular weight excluding hydrogens is 470 g/mol. The molecule has 1 aliphatic heterocycles. The highest BCUT2D eigenvalue weighted by Gasteiger charge is 2.46. The summed E-state index contributed by atoms with van der Waals surface area (Å²) in [5.74, 6) is 2.38. The first kappa shape index (κ1) is 22.4. The normalized spacial score (nSPS) is 21.8. The Morgan fingerprint density at radius 2 is 1.49 bits per heavy atom. The fourth-order valence-electron chi connectivity index (χ4n) is 6.05. The van der Waals surface area contributed by atoms with Crippen molar-refractivity contribution < 1.29 is 0 Å². The average molecular weight is 500 g/mol. The van der Waals surface area contributed by atoms with Crippen molar-refractivity contribution >= 4 is 28.6 Å². The summed E-state index contributed by atoms with van der Waals surface area (Å²) in [6, 6.07) is 36.9. The van der Waals surface area contributed by atoms with Crippen molar-refractivity contribution in [3.8, 4) is 22.0 Å². The molecular formula is C33H29N3S. The van der Waals surface area contributed by atoms with E-state index in [4.69, 9.17) is 9.36 Å². The minimum atomic E-state index is -0.0458. The van der Waals surface area contributed by atoms with Gasteiger partial charge in [0.15, 0.2) is 5.82 Å². The summed E-state index contributed by atoms with van der Waals surface area (Å²) in [7, 11) is 0. The second-order valence-electron chi connectivity index (χ2n) is 10.7. The smallest absolute Gasteiger partial charge is 0.173 e. The first-order valence-electron chi connectivity index (χ1n) is 13.1. The largest absolute Gasteiger partial charge is 0.310 e. The SMILES string of the molecule is CC1C[C@@H]1CC1(C)c2ccccc2N(c2ccccc2)c2cc(-c3nsc(-c4ccccc4)n3)ccc21. The molecule has 4 aromatic carbocycles. The lowest BCUT2D eigenvalue weighted by Crippen LogP contribution is -2.33. The minimum Gasteiger partial charge on any atom is -0.310 e. The van der Waals surface area contributed by atoms with Gasteiger partial charge in [0.05, 0.1) is 11.4 Å². The van der Waals surface area contributed by atoms with E-state index in [0.29, 0.717) is 0 Å². The zero-order valence-corrected chi connectivity index (χ0v) is 22.0. The standard InChI is InChI=1S/C33H29N3S/c1-22-19-25(22)21-33(2)27-15-9-10-16-29(27)36(26-13-7-4-8-14-26)30-20-24(17-18-28(30)33)31-34-32(37-35-31)23-11-5-3-6-12-23/h3-18,20,22,25H,19,21H2,1-2H3/t22?,25-,33?/m1/s1. The van der Waals surface area contributed by atoms with Crippen LogP contribution in [0.4, 0.5) is 17.1 Å². The zero-order valence-electron chi connectivity index (χ0n) is 21.1. The van der Waals surface area contributed by atoms with Crippen LogP contribution in [0.15, 0.2) is 103 Å². The predicted octanol–water partition coefficient (Wildman–Crippen LogP) is 9.01. The van der Waals surface area contributed by atoms with E-state index in [-0.39, 0.29) is 5.41 Å². The van der Waals surface area contributed by atoms with Crippen molar-refractivity contribution in [3.05, 3.63) is 114 Å². The predicted molar refractivity (Wildman–Crippen MR) is 154 cm³/mol. The average Bonchev–Trinajstić information content (AvgIpc) is 3.41. The Bertz CT molecular complexity index is 1580. The van der Waals surface area contributed by atoms with Gasteiger partial charge in [0.2, 0.25) is 0 Å². The summed E-state index contributed by atoms with van der Waals surface area (Å²) in [5.41, 5.74) is 8.59. The van der Waals surface area contributed by atoms with Crippen molar-refractivity contribution in [1.29, 1.82) is 0 Å². The van der Waals surface area contributed by atoms with Gasteiger partial charge in [0.25, 0.3) is 0 Å². The lowest BCUT2D eigenvalue weighted by molar-refractivity contribution is 0.466. The first-order valence-corrected chi connectivity index (χ1v) is 13.9. The third-order valence-electron chi connectivity index (χ3n) is 8.24. The highest BCUT2D eigenvalue weighted by molar-refractivity contribution is 7.09. The van der Waals surface area contributed by atoms with Crippen LogP contribution >= 0.6 is 11.5 Å². The van der Waals surface area contributed by atoms with Crippen LogP contribution in [0.2, 0.25) is 0 Å². The molecule has 0 N–H and O–H groups in total. The minimum absolute atomic E-state index is 0.0458. The van der Waals surface area contributed by atoms with E-state index in [1.807, 2.05) is 18.2 Å². The summed E-state index contributed by atoms with van der Waals surface area (Å²) in [6.07, 6.45) is 2.51. The number of hydrogen-bond acceptors (Lipinski definition) is 4. The molecule has 3 atom stereocenters. The molecule has 4 heteroatoms. The number of para-hydroxylation sites is 2. The number of aromatic nitrogens is 2. The third kappa shape index (κ3) is 3.79. The first-order chi connectivity index (χ1) is 18.1. The van der Waals surface area contributed by atoms with Gasteiger partial charge in [-0.05, 0) is 71.6 Å². The van der Waals surface area contributed by atoms with E-state index in [1.54, 1.807) is 0 Å². The maximum atomic E-state index is 4.94. The molecule has 0 radical (unpaired) electrons. The summed E-state index contributed by atoms with van der Waals surface area (Å²) in [6.45, 7) is 4.84. The number of benzene rings is 4. The number of nitrogens with zero attached hydrogens (tertiary/aromatic N) is 3. The van der Waals surface area contributed by atoms with Crippen molar-refractivity contribution in [2.75, 3.05) is 4.90 Å². The van der Waals surface area contributed by atoms with Gasteiger partial charge in [-0.25, -0.2) is 4.98 Å². The Labute approximate surface area is 222 Å². The van der Waals surface area contributed by atoms with Crippen LogP contribution < -0.4 is 4.90 Å². The van der Waals surface area contributed by atoms with Crippen LogP contribution in [0.3, 0.4) is 0 Å². The van der Waals surface area contributed by atoms with Crippen LogP contribution in [0.1, 0.15) is 37.8 Å². The molecule has 5 aromatic rings. The second kappa shape index (κ2) is 8.67. The molecule has 1 aromatic heterocycles. The van der Waals surface area contributed by atoms with Crippen molar-refractivity contribution in [2.24, 2.45) is 11.8 Å². The Morgan fingerprint density at radius 3 is 2.24 bits per heavy atom. The molecule has 2 heterocycles. The van der Waals surface area contributed by atoms with Gasteiger partial charge in [-0.2, -0.15) is 4.37 Å². The quantitative estimate of drug-likeness (QED) is 0.242. The molecule has 3 nitrogen and oxygen atoms in total. The second-order valence-corrected chi connectivity index (χ2v) is 11.5. The van der Waals surface area contributed by atoms with E-state index in [9.17, 15) is 0 Å². The fraction of sp³-hybridized carbons (Fsp3) is 0.212. The van der Waals surface area contributed by atoms with Gasteiger partial charge >= 0.3 is 0 Å². The van der Waals surface area contributed by atoms with E-state index < -0.39 is 0 Å². The van der Waals surface area contributed by atoms with Crippen LogP contribution in [0.5, 0.6) is 0 Å². The Morgan fingerprint density at radius 1 is 0.811 bits per heavy atom. The molecule has 37 heavy (non-hydrogen) atoms. The topological polar surface area (TPSA) is 29.0 Å². The summed E-state index contributed by atoms with van der Waals surface area (Å²) >= 11 is 1.46. The number of fused-ring (bicyclic) bond motifs is 2. The monoisotopic (exact) mass is 499 g/mol. The Kier molecular flexibility index (Phi) is 5.26. The molecule has 7 rings (SSSR count). The molecule has 1 aliphatic carbocycles. The molecule has 182 valence electrons. The van der Waals surface area contributed by atoms with Gasteiger partial charge < -0.3 is 4.90 Å². The maximum Gasteiger partial charge on any atom is 0.173 e. The molecule has 0 amide bonds. The fourth-order valence-corrected chi connectivity index (χ4v) is 6.74. The van der Waals surface area contributed by atoms with Crippen molar-refractivity contribution in [1.82, 2.24) is 9.36 Å². The van der Waals surface area contributed by atoms with E-state index in [0.717, 1.165) is 33.8 Å². The van der Waals surface area contributed by atoms with Gasteiger partial charge in [0, 0.05) is 22.2 Å². The van der Waals surface area contributed by atoms with Crippen LogP contribution in [0.25, 0.3) is 22.0 Å². The van der Waals surface area contributed by atoms with E-state index >= 15 is 0 Å². The van der Waals surface area contributed by atoms with Crippen LogP contribution in [-0.4, -0.2) is 9.36 Å². The molecule has 2 aliphatic rings. The van der Waals surface area contributed by atoms with Gasteiger partial charge in [-0.1, -0.05) is 92.7 Å². The lowest BCUT2D eigenvalue weighted by atomic mass is 9.68. The zero-order chi connectivity index (χ0) is 25.0. The van der Waals surface area contributed by atoms with Crippen molar-refractivity contribution in [2.45, 2.75) is 32.1 Å². The molecule has 0 spiro atoms. The molecule has 2 unspecified atom stereocenters. The lowest BCUT2D eigenvalue weighted by Gasteiger charge is -2.44. The molecule has 1 fully saturated rings. The van der Waals surface area contributed by atoms with Gasteiger partial charge in [-0.15, -0.1) is 0 Å². The summed E-state index contributed by atoms with van der Waals surface area (Å²) < 4.78 is 4.77. The Hall–Kier alpha value is -3.76. The molecule has 0 saturated heterocycles.